The van der Waals surface area contributed by atoms with E-state index in [1.54, 1.807) is 61.5 Å². The summed E-state index contributed by atoms with van der Waals surface area (Å²) < 4.78 is 35.8. The van der Waals surface area contributed by atoms with Gasteiger partial charge in [-0.2, -0.15) is 0 Å². The zero-order valence-electron chi connectivity index (χ0n) is 27.6. The fourth-order valence-electron chi connectivity index (χ4n) is 5.16. The van der Waals surface area contributed by atoms with Gasteiger partial charge in [0.25, 0.3) is 10.0 Å². The highest BCUT2D eigenvalue weighted by molar-refractivity contribution is 7.98. The number of nitrogens with zero attached hydrogens (tertiary/aromatic N) is 2. The third-order valence-electron chi connectivity index (χ3n) is 7.87. The second kappa shape index (κ2) is 17.4. The van der Waals surface area contributed by atoms with Gasteiger partial charge >= 0.3 is 0 Å². The fourth-order valence-corrected chi connectivity index (χ4v) is 7.20. The molecule has 4 aromatic carbocycles. The number of ether oxygens (including phenoxy) is 1. The number of sulfonamides is 1. The van der Waals surface area contributed by atoms with Gasteiger partial charge in [-0.15, -0.1) is 11.8 Å². The molecule has 254 valence electrons. The maximum absolute atomic E-state index is 14.7. The zero-order chi connectivity index (χ0) is 34.7. The Hall–Kier alpha value is -3.99. The summed E-state index contributed by atoms with van der Waals surface area (Å²) in [5.74, 6) is -0.583. The first-order valence-corrected chi connectivity index (χ1v) is 18.9. The van der Waals surface area contributed by atoms with Crippen molar-refractivity contribution in [2.75, 3.05) is 23.7 Å². The Morgan fingerprint density at radius 3 is 2.21 bits per heavy atom. The lowest BCUT2D eigenvalue weighted by molar-refractivity contribution is -0.140. The third-order valence-corrected chi connectivity index (χ3v) is 10.6. The first-order valence-electron chi connectivity index (χ1n) is 15.8. The van der Waals surface area contributed by atoms with Crippen molar-refractivity contribution in [3.05, 3.63) is 119 Å². The standard InChI is InChI=1S/C37H42ClN3O5S2/c1-5-27(3)39-37(43)34(24-28-13-8-7-9-14-28)40(25-29-15-12-16-30(38)23-29)36(42)26-41(33-17-10-11-18-35(33)46-6-2)48(44,45)32-21-19-31(47-4)20-22-32/h7-23,27,34H,5-6,24-26H2,1-4H3,(H,39,43)/t27-,34-/m1/s1. The average Bonchev–Trinajstić information content (AvgIpc) is 3.09. The molecule has 0 saturated heterocycles. The van der Waals surface area contributed by atoms with Crippen LogP contribution >= 0.6 is 23.4 Å². The molecule has 2 amide bonds. The molecule has 48 heavy (non-hydrogen) atoms. The van der Waals surface area contributed by atoms with Crippen molar-refractivity contribution in [2.45, 2.75) is 62.0 Å². The molecule has 0 saturated carbocycles. The van der Waals surface area contributed by atoms with Crippen LogP contribution in [-0.4, -0.2) is 56.6 Å². The normalized spacial score (nSPS) is 12.5. The van der Waals surface area contributed by atoms with Crippen molar-refractivity contribution in [2.24, 2.45) is 0 Å². The van der Waals surface area contributed by atoms with Crippen LogP contribution in [0.25, 0.3) is 0 Å². The van der Waals surface area contributed by atoms with E-state index in [-0.39, 0.29) is 42.1 Å². The summed E-state index contributed by atoms with van der Waals surface area (Å²) in [6, 6.07) is 28.7. The van der Waals surface area contributed by atoms with Gasteiger partial charge in [0.2, 0.25) is 11.8 Å². The van der Waals surface area contributed by atoms with Crippen molar-refractivity contribution in [3.8, 4) is 5.75 Å². The van der Waals surface area contributed by atoms with E-state index >= 15 is 0 Å². The highest BCUT2D eigenvalue weighted by atomic mass is 35.5. The maximum atomic E-state index is 14.7. The first kappa shape index (κ1) is 36.8. The lowest BCUT2D eigenvalue weighted by Gasteiger charge is -2.34. The molecule has 0 spiro atoms. The fraction of sp³-hybridized carbons (Fsp3) is 0.297. The van der Waals surface area contributed by atoms with Crippen molar-refractivity contribution < 1.29 is 22.7 Å². The molecule has 2 atom stereocenters. The minimum absolute atomic E-state index is 0.0221. The van der Waals surface area contributed by atoms with E-state index in [1.165, 1.54) is 28.8 Å². The zero-order valence-corrected chi connectivity index (χ0v) is 30.0. The van der Waals surface area contributed by atoms with Crippen LogP contribution in [-0.2, 0) is 32.6 Å². The van der Waals surface area contributed by atoms with Gasteiger partial charge in [0.1, 0.15) is 18.3 Å². The first-order chi connectivity index (χ1) is 23.1. The summed E-state index contributed by atoms with van der Waals surface area (Å²) in [6.07, 6.45) is 2.82. The Morgan fingerprint density at radius 2 is 1.56 bits per heavy atom. The van der Waals surface area contributed by atoms with Gasteiger partial charge in [-0.25, -0.2) is 8.42 Å². The van der Waals surface area contributed by atoms with Crippen LogP contribution in [0.2, 0.25) is 5.02 Å². The molecule has 0 radical (unpaired) electrons. The van der Waals surface area contributed by atoms with Crippen LogP contribution < -0.4 is 14.4 Å². The number of para-hydroxylation sites is 2. The molecule has 0 aliphatic heterocycles. The van der Waals surface area contributed by atoms with E-state index in [1.807, 2.05) is 56.5 Å². The molecule has 0 aromatic heterocycles. The van der Waals surface area contributed by atoms with Gasteiger partial charge in [0.15, 0.2) is 0 Å². The predicted octanol–water partition coefficient (Wildman–Crippen LogP) is 7.21. The van der Waals surface area contributed by atoms with Crippen LogP contribution in [0.4, 0.5) is 5.69 Å². The number of carbonyl (C=O) groups excluding carboxylic acids is 2. The van der Waals surface area contributed by atoms with E-state index in [4.69, 9.17) is 16.3 Å². The van der Waals surface area contributed by atoms with E-state index in [9.17, 15) is 18.0 Å². The molecule has 0 heterocycles. The van der Waals surface area contributed by atoms with Crippen molar-refractivity contribution in [1.82, 2.24) is 10.2 Å². The second-order valence-electron chi connectivity index (χ2n) is 11.3. The van der Waals surface area contributed by atoms with Crippen LogP contribution in [0.5, 0.6) is 5.75 Å². The van der Waals surface area contributed by atoms with E-state index in [2.05, 4.69) is 5.32 Å². The molecule has 4 rings (SSSR count). The van der Waals surface area contributed by atoms with Crippen molar-refractivity contribution in [3.63, 3.8) is 0 Å². The minimum Gasteiger partial charge on any atom is -0.492 e. The number of nitrogens with one attached hydrogen (secondary N) is 1. The van der Waals surface area contributed by atoms with Gasteiger partial charge in [0, 0.05) is 28.9 Å². The lowest BCUT2D eigenvalue weighted by Crippen LogP contribution is -2.54. The number of thioether (sulfide) groups is 1. The summed E-state index contributed by atoms with van der Waals surface area (Å²) in [6.45, 7) is 5.40. The second-order valence-corrected chi connectivity index (χ2v) is 14.4. The van der Waals surface area contributed by atoms with E-state index < -0.39 is 28.5 Å². The predicted molar refractivity (Wildman–Crippen MR) is 194 cm³/mol. The molecule has 0 aliphatic rings. The van der Waals surface area contributed by atoms with Crippen LogP contribution in [0.15, 0.2) is 113 Å². The summed E-state index contributed by atoms with van der Waals surface area (Å²) in [5, 5.41) is 3.53. The lowest BCUT2D eigenvalue weighted by atomic mass is 10.0. The number of hydrogen-bond acceptors (Lipinski definition) is 6. The Balaban J connectivity index is 1.85. The Bertz CT molecular complexity index is 1770. The summed E-state index contributed by atoms with van der Waals surface area (Å²) in [4.78, 5) is 31.1. The highest BCUT2D eigenvalue weighted by Crippen LogP contribution is 2.33. The molecule has 8 nitrogen and oxygen atoms in total. The summed E-state index contributed by atoms with van der Waals surface area (Å²) in [5.41, 5.74) is 1.76. The van der Waals surface area contributed by atoms with Crippen LogP contribution in [0.1, 0.15) is 38.3 Å². The Kier molecular flexibility index (Phi) is 13.4. The number of halogens is 1. The third kappa shape index (κ3) is 9.55. The molecule has 0 bridgehead atoms. The molecule has 11 heteroatoms. The van der Waals surface area contributed by atoms with Gasteiger partial charge in [0.05, 0.1) is 17.2 Å². The quantitative estimate of drug-likeness (QED) is 0.124. The molecule has 1 N–H and O–H groups in total. The van der Waals surface area contributed by atoms with E-state index in [0.29, 0.717) is 22.8 Å². The largest absolute Gasteiger partial charge is 0.492 e. The van der Waals surface area contributed by atoms with Gasteiger partial charge in [-0.1, -0.05) is 73.1 Å². The molecular weight excluding hydrogens is 666 g/mol. The van der Waals surface area contributed by atoms with Crippen LogP contribution in [0.3, 0.4) is 0 Å². The topological polar surface area (TPSA) is 96.0 Å². The molecule has 0 fully saturated rings. The average molecular weight is 708 g/mol. The number of anilines is 1. The molecule has 0 aliphatic carbocycles. The monoisotopic (exact) mass is 707 g/mol. The smallest absolute Gasteiger partial charge is 0.264 e. The van der Waals surface area contributed by atoms with Crippen LogP contribution in [0, 0.1) is 0 Å². The van der Waals surface area contributed by atoms with Gasteiger partial charge < -0.3 is 15.0 Å². The number of hydrogen-bond donors (Lipinski definition) is 1. The number of rotatable bonds is 16. The number of amides is 2. The number of benzene rings is 4. The van der Waals surface area contributed by atoms with Crippen molar-refractivity contribution >= 4 is 50.9 Å². The van der Waals surface area contributed by atoms with Crippen molar-refractivity contribution in [1.29, 1.82) is 0 Å². The molecule has 0 unspecified atom stereocenters. The maximum Gasteiger partial charge on any atom is 0.264 e. The Labute approximate surface area is 293 Å². The molecular formula is C37H42ClN3O5S2. The van der Waals surface area contributed by atoms with E-state index in [0.717, 1.165) is 14.8 Å². The summed E-state index contributed by atoms with van der Waals surface area (Å²) in [7, 11) is -4.28. The Morgan fingerprint density at radius 1 is 0.896 bits per heavy atom. The number of carbonyl (C=O) groups is 2. The van der Waals surface area contributed by atoms with Gasteiger partial charge in [-0.3, -0.25) is 13.9 Å². The summed E-state index contributed by atoms with van der Waals surface area (Å²) >= 11 is 7.84. The van der Waals surface area contributed by atoms with Gasteiger partial charge in [-0.05, 0) is 86.2 Å². The SMILES string of the molecule is CCOc1ccccc1N(CC(=O)N(Cc1cccc(Cl)c1)[C@H](Cc1ccccc1)C(=O)N[C@H](C)CC)S(=O)(=O)c1ccc(SC)cc1. The minimum atomic E-state index is -4.28. The molecule has 4 aromatic rings. The highest BCUT2D eigenvalue weighted by Gasteiger charge is 2.36.